The molecular formula is C21H29NO2S. The van der Waals surface area contributed by atoms with Gasteiger partial charge in [-0.2, -0.15) is 4.72 Å². The summed E-state index contributed by atoms with van der Waals surface area (Å²) in [6.07, 6.45) is 16.2. The summed E-state index contributed by atoms with van der Waals surface area (Å²) in [6.45, 7) is 1.97. The summed E-state index contributed by atoms with van der Waals surface area (Å²) in [4.78, 5) is 0.351. The van der Waals surface area contributed by atoms with Gasteiger partial charge in [0.1, 0.15) is 0 Å². The summed E-state index contributed by atoms with van der Waals surface area (Å²) in [7, 11) is -3.55. The van der Waals surface area contributed by atoms with Gasteiger partial charge < -0.3 is 0 Å². The Morgan fingerprint density at radius 3 is 2.52 bits per heavy atom. The van der Waals surface area contributed by atoms with Crippen molar-refractivity contribution in [3.05, 3.63) is 53.6 Å². The van der Waals surface area contributed by atoms with Gasteiger partial charge in [0.15, 0.2) is 0 Å². The highest BCUT2D eigenvalue weighted by Gasteiger charge is 2.36. The van der Waals surface area contributed by atoms with Gasteiger partial charge in [-0.15, -0.1) is 0 Å². The lowest BCUT2D eigenvalue weighted by Crippen LogP contribution is -2.48. The van der Waals surface area contributed by atoms with Gasteiger partial charge in [-0.25, -0.2) is 8.42 Å². The van der Waals surface area contributed by atoms with E-state index in [-0.39, 0.29) is 0 Å². The highest BCUT2D eigenvalue weighted by Crippen LogP contribution is 2.35. The molecule has 4 heteroatoms. The van der Waals surface area contributed by atoms with Crippen LogP contribution in [0.15, 0.2) is 53.0 Å². The minimum atomic E-state index is -3.55. The van der Waals surface area contributed by atoms with Gasteiger partial charge >= 0.3 is 0 Å². The van der Waals surface area contributed by atoms with E-state index < -0.39 is 15.6 Å². The standard InChI is InChI=1S/C21H29NO2S/c1-18-12-14-20(15-13-18)25(23,24)22-21(16-8-4-5-9-17-21)19-10-6-2-3-7-11-19/h8,10,12-16,22H,2-7,9,11,17H2,1H3. The molecule has 0 saturated heterocycles. The predicted octanol–water partition coefficient (Wildman–Crippen LogP) is 5.03. The Balaban J connectivity index is 1.97. The van der Waals surface area contributed by atoms with Crippen molar-refractivity contribution in [3.63, 3.8) is 0 Å². The molecule has 0 radical (unpaired) electrons. The van der Waals surface area contributed by atoms with Crippen LogP contribution in [0.25, 0.3) is 0 Å². The third-order valence-corrected chi connectivity index (χ3v) is 6.88. The molecule has 3 rings (SSSR count). The Hall–Kier alpha value is -1.39. The molecule has 3 nitrogen and oxygen atoms in total. The van der Waals surface area contributed by atoms with Gasteiger partial charge in [0.25, 0.3) is 0 Å². The molecule has 0 aliphatic heterocycles. The monoisotopic (exact) mass is 359 g/mol. The number of aryl methyl sites for hydroxylation is 1. The molecule has 0 saturated carbocycles. The van der Waals surface area contributed by atoms with Crippen molar-refractivity contribution in [2.24, 2.45) is 0 Å². The molecule has 1 atom stereocenters. The second-order valence-corrected chi connectivity index (χ2v) is 9.05. The minimum Gasteiger partial charge on any atom is -0.207 e. The van der Waals surface area contributed by atoms with Crippen molar-refractivity contribution in [3.8, 4) is 0 Å². The number of hydrogen-bond acceptors (Lipinski definition) is 2. The Morgan fingerprint density at radius 1 is 0.960 bits per heavy atom. The van der Waals surface area contributed by atoms with Crippen LogP contribution in [0.3, 0.4) is 0 Å². The molecule has 0 spiro atoms. The zero-order valence-corrected chi connectivity index (χ0v) is 15.9. The summed E-state index contributed by atoms with van der Waals surface area (Å²) in [6, 6.07) is 7.12. The highest BCUT2D eigenvalue weighted by molar-refractivity contribution is 7.89. The zero-order chi connectivity index (χ0) is 17.8. The molecular weight excluding hydrogens is 330 g/mol. The smallest absolute Gasteiger partial charge is 0.207 e. The van der Waals surface area contributed by atoms with Crippen LogP contribution in [0.2, 0.25) is 0 Å². The van der Waals surface area contributed by atoms with Crippen LogP contribution in [0, 0.1) is 6.92 Å². The lowest BCUT2D eigenvalue weighted by molar-refractivity contribution is 0.463. The topological polar surface area (TPSA) is 46.2 Å². The van der Waals surface area contributed by atoms with Gasteiger partial charge in [-0.05, 0) is 69.6 Å². The average molecular weight is 360 g/mol. The fourth-order valence-corrected chi connectivity index (χ4v) is 5.28. The normalized spacial score (nSPS) is 25.1. The Kier molecular flexibility index (Phi) is 5.80. The number of benzene rings is 1. The van der Waals surface area contributed by atoms with E-state index in [2.05, 4.69) is 23.0 Å². The molecule has 2 aliphatic rings. The fourth-order valence-electron chi connectivity index (χ4n) is 3.89. The maximum atomic E-state index is 13.1. The van der Waals surface area contributed by atoms with E-state index in [0.717, 1.165) is 50.5 Å². The second-order valence-electron chi connectivity index (χ2n) is 7.37. The largest absolute Gasteiger partial charge is 0.241 e. The van der Waals surface area contributed by atoms with Gasteiger partial charge in [0.2, 0.25) is 10.0 Å². The molecule has 136 valence electrons. The molecule has 1 unspecified atom stereocenters. The summed E-state index contributed by atoms with van der Waals surface area (Å²) in [5.41, 5.74) is 1.78. The lowest BCUT2D eigenvalue weighted by Gasteiger charge is -2.34. The third kappa shape index (κ3) is 4.42. The van der Waals surface area contributed by atoms with E-state index in [1.807, 2.05) is 19.1 Å². The van der Waals surface area contributed by atoms with E-state index >= 15 is 0 Å². The molecule has 25 heavy (non-hydrogen) atoms. The maximum Gasteiger partial charge on any atom is 0.241 e. The van der Waals surface area contributed by atoms with Crippen LogP contribution in [0.4, 0.5) is 0 Å². The quantitative estimate of drug-likeness (QED) is 0.766. The summed E-state index contributed by atoms with van der Waals surface area (Å²) in [5, 5.41) is 0. The third-order valence-electron chi connectivity index (χ3n) is 5.36. The first-order valence-corrected chi connectivity index (χ1v) is 11.0. The molecule has 0 bridgehead atoms. The molecule has 0 aromatic heterocycles. The van der Waals surface area contributed by atoms with Gasteiger partial charge in [0.05, 0.1) is 10.4 Å². The number of rotatable bonds is 4. The van der Waals surface area contributed by atoms with Crippen molar-refractivity contribution >= 4 is 10.0 Å². The van der Waals surface area contributed by atoms with E-state index in [1.165, 1.54) is 18.4 Å². The van der Waals surface area contributed by atoms with Crippen molar-refractivity contribution in [2.75, 3.05) is 0 Å². The summed E-state index contributed by atoms with van der Waals surface area (Å²) < 4.78 is 29.3. The molecule has 1 aromatic carbocycles. The Bertz CT molecular complexity index is 747. The second kappa shape index (κ2) is 7.88. The predicted molar refractivity (Wildman–Crippen MR) is 103 cm³/mol. The van der Waals surface area contributed by atoms with Crippen molar-refractivity contribution in [2.45, 2.75) is 75.1 Å². The van der Waals surface area contributed by atoms with E-state index in [4.69, 9.17) is 0 Å². The molecule has 1 N–H and O–H groups in total. The van der Waals surface area contributed by atoms with Gasteiger partial charge in [-0.3, -0.25) is 0 Å². The lowest BCUT2D eigenvalue weighted by atomic mass is 9.84. The summed E-state index contributed by atoms with van der Waals surface area (Å²) >= 11 is 0. The first kappa shape index (κ1) is 18.4. The zero-order valence-electron chi connectivity index (χ0n) is 15.1. The molecule has 0 heterocycles. The SMILES string of the molecule is Cc1ccc(S(=O)(=O)NC2(C3=CCCCCC3)C=CCCCC2)cc1. The number of sulfonamides is 1. The average Bonchev–Trinajstić information content (AvgIpc) is 2.98. The number of nitrogens with one attached hydrogen (secondary N) is 1. The minimum absolute atomic E-state index is 0.351. The van der Waals surface area contributed by atoms with Gasteiger partial charge in [0, 0.05) is 0 Å². The van der Waals surface area contributed by atoms with Gasteiger partial charge in [-0.1, -0.05) is 48.8 Å². The fraction of sp³-hybridized carbons (Fsp3) is 0.524. The molecule has 0 amide bonds. The van der Waals surface area contributed by atoms with Crippen molar-refractivity contribution in [1.29, 1.82) is 0 Å². The van der Waals surface area contributed by atoms with Crippen LogP contribution in [-0.2, 0) is 10.0 Å². The van der Waals surface area contributed by atoms with Crippen LogP contribution < -0.4 is 4.72 Å². The molecule has 1 aromatic rings. The molecule has 0 fully saturated rings. The van der Waals surface area contributed by atoms with Crippen LogP contribution in [0.1, 0.15) is 63.4 Å². The van der Waals surface area contributed by atoms with Crippen LogP contribution in [-0.4, -0.2) is 14.0 Å². The maximum absolute atomic E-state index is 13.1. The Labute approximate surface area is 152 Å². The molecule has 2 aliphatic carbocycles. The van der Waals surface area contributed by atoms with Crippen LogP contribution in [0.5, 0.6) is 0 Å². The number of allylic oxidation sites excluding steroid dienone is 2. The summed E-state index contributed by atoms with van der Waals surface area (Å²) in [5.74, 6) is 0. The number of hydrogen-bond donors (Lipinski definition) is 1. The first-order chi connectivity index (χ1) is 12.0. The van der Waals surface area contributed by atoms with Crippen molar-refractivity contribution in [1.82, 2.24) is 4.72 Å². The van der Waals surface area contributed by atoms with Crippen molar-refractivity contribution < 1.29 is 8.42 Å². The van der Waals surface area contributed by atoms with Crippen LogP contribution >= 0.6 is 0 Å². The Morgan fingerprint density at radius 2 is 1.72 bits per heavy atom. The highest BCUT2D eigenvalue weighted by atomic mass is 32.2. The first-order valence-electron chi connectivity index (χ1n) is 9.50. The van der Waals surface area contributed by atoms with E-state index in [0.29, 0.717) is 4.90 Å². The van der Waals surface area contributed by atoms with E-state index in [9.17, 15) is 8.42 Å². The van der Waals surface area contributed by atoms with E-state index in [1.54, 1.807) is 12.1 Å².